The number of hydrogen-bond acceptors (Lipinski definition) is 5. The number of carbonyl (C=O) groups is 1. The first-order valence-electron chi connectivity index (χ1n) is 8.64. The first kappa shape index (κ1) is 16.3. The van der Waals surface area contributed by atoms with Crippen molar-refractivity contribution in [3.05, 3.63) is 53.9 Å². The van der Waals surface area contributed by atoms with E-state index in [1.165, 1.54) is 0 Å². The summed E-state index contributed by atoms with van der Waals surface area (Å²) in [6.07, 6.45) is 1.73. The van der Waals surface area contributed by atoms with Gasteiger partial charge < -0.3 is 15.2 Å². The van der Waals surface area contributed by atoms with Crippen LogP contribution in [-0.2, 0) is 13.1 Å². The Morgan fingerprint density at radius 3 is 2.92 bits per heavy atom. The Hall–Kier alpha value is -3.22. The van der Waals surface area contributed by atoms with Crippen LogP contribution in [0.2, 0.25) is 0 Å². The van der Waals surface area contributed by atoms with Gasteiger partial charge in [-0.2, -0.15) is 0 Å². The fourth-order valence-electron chi connectivity index (χ4n) is 3.13. The van der Waals surface area contributed by atoms with Crippen LogP contribution in [0, 0.1) is 5.92 Å². The second-order valence-electron chi connectivity index (χ2n) is 6.76. The number of amides is 1. The maximum absolute atomic E-state index is 12.1. The quantitative estimate of drug-likeness (QED) is 0.740. The minimum atomic E-state index is -0.0593. The van der Waals surface area contributed by atoms with Crippen molar-refractivity contribution in [3.8, 4) is 11.5 Å². The number of carbonyl (C=O) groups excluding carboxylic acids is 1. The van der Waals surface area contributed by atoms with Crippen LogP contribution >= 0.6 is 0 Å². The van der Waals surface area contributed by atoms with E-state index in [4.69, 9.17) is 0 Å². The molecule has 1 aliphatic rings. The number of pyridine rings is 1. The van der Waals surface area contributed by atoms with Crippen molar-refractivity contribution in [1.82, 2.24) is 25.1 Å². The highest BCUT2D eigenvalue weighted by atomic mass is 16.1. The van der Waals surface area contributed by atoms with Crippen LogP contribution in [0.25, 0.3) is 11.5 Å². The van der Waals surface area contributed by atoms with Crippen molar-refractivity contribution >= 4 is 17.4 Å². The van der Waals surface area contributed by atoms with Gasteiger partial charge in [0.1, 0.15) is 17.8 Å². The van der Waals surface area contributed by atoms with E-state index in [0.717, 1.165) is 29.3 Å². The maximum Gasteiger partial charge on any atom is 0.254 e. The number of anilines is 2. The lowest BCUT2D eigenvalue weighted by molar-refractivity contribution is 0.0966. The van der Waals surface area contributed by atoms with Gasteiger partial charge in [-0.25, -0.2) is 4.98 Å². The van der Waals surface area contributed by atoms with Crippen LogP contribution in [0.1, 0.15) is 29.8 Å². The molecule has 0 spiro atoms. The van der Waals surface area contributed by atoms with Crippen LogP contribution in [0.5, 0.6) is 0 Å². The molecule has 132 valence electrons. The molecule has 0 atom stereocenters. The predicted molar refractivity (Wildman–Crippen MR) is 99.0 cm³/mol. The Balaban J connectivity index is 1.65. The third-order valence-corrected chi connectivity index (χ3v) is 4.24. The Bertz CT molecular complexity index is 962. The van der Waals surface area contributed by atoms with Gasteiger partial charge in [-0.05, 0) is 29.7 Å². The third kappa shape index (κ3) is 3.03. The molecule has 2 N–H and O–H groups in total. The minimum Gasteiger partial charge on any atom is -0.348 e. The predicted octanol–water partition coefficient (Wildman–Crippen LogP) is 2.98. The second-order valence-corrected chi connectivity index (χ2v) is 6.76. The van der Waals surface area contributed by atoms with Crippen molar-refractivity contribution in [2.45, 2.75) is 26.9 Å². The van der Waals surface area contributed by atoms with Gasteiger partial charge >= 0.3 is 0 Å². The maximum atomic E-state index is 12.1. The number of aromatic nitrogens is 4. The van der Waals surface area contributed by atoms with E-state index in [2.05, 4.69) is 39.7 Å². The molecule has 1 aromatic carbocycles. The number of nitrogens with one attached hydrogen (secondary N) is 2. The summed E-state index contributed by atoms with van der Waals surface area (Å²) >= 11 is 0. The molecular weight excluding hydrogens is 328 g/mol. The van der Waals surface area contributed by atoms with Crippen molar-refractivity contribution in [2.24, 2.45) is 5.92 Å². The zero-order chi connectivity index (χ0) is 18.1. The molecule has 0 aliphatic carbocycles. The summed E-state index contributed by atoms with van der Waals surface area (Å²) < 4.78 is 2.00. The Morgan fingerprint density at radius 1 is 1.23 bits per heavy atom. The van der Waals surface area contributed by atoms with Crippen LogP contribution in [-0.4, -0.2) is 25.7 Å². The van der Waals surface area contributed by atoms with Gasteiger partial charge in [0.2, 0.25) is 0 Å². The van der Waals surface area contributed by atoms with Crippen molar-refractivity contribution in [2.75, 3.05) is 5.32 Å². The van der Waals surface area contributed by atoms with E-state index in [1.807, 2.05) is 41.0 Å². The van der Waals surface area contributed by atoms with E-state index < -0.39 is 0 Å². The fourth-order valence-corrected chi connectivity index (χ4v) is 3.13. The van der Waals surface area contributed by atoms with Crippen LogP contribution in [0.3, 0.4) is 0 Å². The molecule has 0 radical (unpaired) electrons. The van der Waals surface area contributed by atoms with Crippen molar-refractivity contribution in [1.29, 1.82) is 0 Å². The first-order valence-corrected chi connectivity index (χ1v) is 8.64. The molecule has 0 saturated carbocycles. The SMILES string of the molecule is CC(C)Cn1cnnc1-c1cccc(Nc2cccc3c2C(=O)NC3)n1. The molecule has 1 aliphatic heterocycles. The second kappa shape index (κ2) is 6.59. The molecule has 26 heavy (non-hydrogen) atoms. The normalized spacial score (nSPS) is 13.0. The summed E-state index contributed by atoms with van der Waals surface area (Å²) in [5.41, 5.74) is 3.17. The molecule has 3 heterocycles. The first-order chi connectivity index (χ1) is 12.6. The van der Waals surface area contributed by atoms with E-state index in [-0.39, 0.29) is 5.91 Å². The monoisotopic (exact) mass is 348 g/mol. The summed E-state index contributed by atoms with van der Waals surface area (Å²) in [6.45, 7) is 5.69. The Morgan fingerprint density at radius 2 is 2.08 bits per heavy atom. The van der Waals surface area contributed by atoms with E-state index in [9.17, 15) is 4.79 Å². The van der Waals surface area contributed by atoms with Crippen LogP contribution in [0.15, 0.2) is 42.7 Å². The highest BCUT2D eigenvalue weighted by Crippen LogP contribution is 2.27. The van der Waals surface area contributed by atoms with E-state index in [1.54, 1.807) is 6.33 Å². The van der Waals surface area contributed by atoms with Gasteiger partial charge in [-0.3, -0.25) is 4.79 Å². The molecule has 0 unspecified atom stereocenters. The van der Waals surface area contributed by atoms with Crippen molar-refractivity contribution in [3.63, 3.8) is 0 Å². The number of hydrogen-bond donors (Lipinski definition) is 2. The number of fused-ring (bicyclic) bond motifs is 1. The van der Waals surface area contributed by atoms with Gasteiger partial charge in [-0.15, -0.1) is 10.2 Å². The van der Waals surface area contributed by atoms with Crippen molar-refractivity contribution < 1.29 is 4.79 Å². The van der Waals surface area contributed by atoms with Gasteiger partial charge in [0.05, 0.1) is 11.3 Å². The molecule has 3 aromatic rings. The number of rotatable bonds is 5. The van der Waals surface area contributed by atoms with E-state index in [0.29, 0.717) is 23.8 Å². The molecular formula is C19H20N6O. The lowest BCUT2D eigenvalue weighted by Gasteiger charge is -2.11. The average Bonchev–Trinajstić information content (AvgIpc) is 3.22. The van der Waals surface area contributed by atoms with Gasteiger partial charge in [-0.1, -0.05) is 32.0 Å². The molecule has 7 nitrogen and oxygen atoms in total. The summed E-state index contributed by atoms with van der Waals surface area (Å²) in [4.78, 5) is 16.7. The molecule has 0 fully saturated rings. The summed E-state index contributed by atoms with van der Waals surface area (Å²) in [6, 6.07) is 11.5. The smallest absolute Gasteiger partial charge is 0.254 e. The molecule has 0 bridgehead atoms. The van der Waals surface area contributed by atoms with Gasteiger partial charge in [0.25, 0.3) is 5.91 Å². The summed E-state index contributed by atoms with van der Waals surface area (Å²) in [5, 5.41) is 14.4. The standard InChI is InChI=1S/C19H20N6O/c1-12(2)10-25-11-21-24-18(25)15-7-4-8-16(23-15)22-14-6-3-5-13-9-20-19(26)17(13)14/h3-8,11-12H,9-10H2,1-2H3,(H,20,26)(H,22,23). The van der Waals surface area contributed by atoms with Crippen LogP contribution < -0.4 is 10.6 Å². The molecule has 2 aromatic heterocycles. The number of benzene rings is 1. The van der Waals surface area contributed by atoms with Gasteiger partial charge in [0, 0.05) is 13.1 Å². The number of nitrogens with zero attached hydrogens (tertiary/aromatic N) is 4. The third-order valence-electron chi connectivity index (χ3n) is 4.24. The molecule has 7 heteroatoms. The molecule has 0 saturated heterocycles. The highest BCUT2D eigenvalue weighted by molar-refractivity contribution is 6.04. The van der Waals surface area contributed by atoms with Gasteiger partial charge in [0.15, 0.2) is 5.82 Å². The molecule has 4 rings (SSSR count). The Labute approximate surface area is 151 Å². The lowest BCUT2D eigenvalue weighted by atomic mass is 10.1. The zero-order valence-electron chi connectivity index (χ0n) is 14.7. The molecule has 1 amide bonds. The zero-order valence-corrected chi connectivity index (χ0v) is 14.7. The Kier molecular flexibility index (Phi) is 4.12. The van der Waals surface area contributed by atoms with E-state index >= 15 is 0 Å². The average molecular weight is 348 g/mol. The van der Waals surface area contributed by atoms with Crippen LogP contribution in [0.4, 0.5) is 11.5 Å². The lowest BCUT2D eigenvalue weighted by Crippen LogP contribution is -2.13. The largest absolute Gasteiger partial charge is 0.348 e. The summed E-state index contributed by atoms with van der Waals surface area (Å²) in [5.74, 6) is 1.82. The highest BCUT2D eigenvalue weighted by Gasteiger charge is 2.22. The summed E-state index contributed by atoms with van der Waals surface area (Å²) in [7, 11) is 0. The topological polar surface area (TPSA) is 84.7 Å². The minimum absolute atomic E-state index is 0.0593. The fraction of sp³-hybridized carbons (Fsp3) is 0.263.